The third-order valence-electron chi connectivity index (χ3n) is 3.98. The molecule has 0 aromatic heterocycles. The monoisotopic (exact) mass is 423 g/mol. The second-order valence-corrected chi connectivity index (χ2v) is 6.11. The third kappa shape index (κ3) is 5.69. The first-order valence-electron chi connectivity index (χ1n) is 8.07. The van der Waals surface area contributed by atoms with Crippen LogP contribution < -0.4 is 5.32 Å². The lowest BCUT2D eigenvalue weighted by atomic mass is 10.0. The van der Waals surface area contributed by atoms with Crippen LogP contribution in [0.25, 0.3) is 0 Å². The van der Waals surface area contributed by atoms with Crippen molar-refractivity contribution in [3.63, 3.8) is 0 Å². The van der Waals surface area contributed by atoms with Gasteiger partial charge in [0.25, 0.3) is 0 Å². The quantitative estimate of drug-likeness (QED) is 0.552. The molecular weight excluding hydrogens is 408 g/mol. The maximum Gasteiger partial charge on any atom is 0.416 e. The molecule has 0 radical (unpaired) electrons. The molecular formula is C18H15F6NO4. The van der Waals surface area contributed by atoms with Crippen LogP contribution in [0.3, 0.4) is 0 Å². The number of carbonyl (C=O) groups is 1. The van der Waals surface area contributed by atoms with Gasteiger partial charge in [0.2, 0.25) is 5.91 Å². The number of nitrogens with one attached hydrogen (secondary N) is 1. The predicted molar refractivity (Wildman–Crippen MR) is 88.3 cm³/mol. The zero-order valence-electron chi connectivity index (χ0n) is 14.5. The van der Waals surface area contributed by atoms with Crippen molar-refractivity contribution in [2.24, 2.45) is 0 Å². The van der Waals surface area contributed by atoms with Gasteiger partial charge in [-0.1, -0.05) is 6.07 Å². The highest BCUT2D eigenvalue weighted by Crippen LogP contribution is 2.37. The lowest BCUT2D eigenvalue weighted by Gasteiger charge is -2.16. The largest absolute Gasteiger partial charge is 0.508 e. The molecule has 0 saturated carbocycles. The lowest BCUT2D eigenvalue weighted by molar-refractivity contribution is -0.143. The van der Waals surface area contributed by atoms with Crippen LogP contribution in [0.5, 0.6) is 17.2 Å². The predicted octanol–water partition coefficient (Wildman–Crippen LogP) is 3.74. The first kappa shape index (κ1) is 22.2. The molecule has 2 rings (SSSR count). The summed E-state index contributed by atoms with van der Waals surface area (Å²) in [5, 5.41) is 30.7. The van der Waals surface area contributed by atoms with Crippen LogP contribution in [0.2, 0.25) is 0 Å². The van der Waals surface area contributed by atoms with Crippen molar-refractivity contribution in [2.75, 3.05) is 6.54 Å². The van der Waals surface area contributed by atoms with E-state index in [-0.39, 0.29) is 18.2 Å². The zero-order chi connectivity index (χ0) is 22.0. The van der Waals surface area contributed by atoms with E-state index < -0.39 is 65.0 Å². The Balaban J connectivity index is 2.08. The highest BCUT2D eigenvalue weighted by Gasteiger charge is 2.37. The Morgan fingerprint density at radius 3 is 2.00 bits per heavy atom. The van der Waals surface area contributed by atoms with Crippen molar-refractivity contribution in [3.8, 4) is 17.2 Å². The highest BCUT2D eigenvalue weighted by molar-refractivity contribution is 5.80. The molecule has 0 spiro atoms. The third-order valence-corrected chi connectivity index (χ3v) is 3.98. The molecule has 0 heterocycles. The maximum absolute atomic E-state index is 13.1. The van der Waals surface area contributed by atoms with Crippen LogP contribution in [0.4, 0.5) is 26.3 Å². The SMILES string of the molecule is O=C(Cc1c(O)cc(O)cc1O)NCCc1ccc(C(F)(F)F)cc1C(F)(F)F. The highest BCUT2D eigenvalue weighted by atomic mass is 19.4. The number of phenolic OH excluding ortho intramolecular Hbond substituents is 3. The Labute approximate surface area is 160 Å². The number of halogens is 6. The molecule has 4 N–H and O–H groups in total. The minimum atomic E-state index is -5.01. The molecule has 5 nitrogen and oxygen atoms in total. The van der Waals surface area contributed by atoms with Crippen molar-refractivity contribution in [1.82, 2.24) is 5.32 Å². The van der Waals surface area contributed by atoms with Gasteiger partial charge >= 0.3 is 12.4 Å². The molecule has 0 bridgehead atoms. The van der Waals surface area contributed by atoms with Crippen LogP contribution in [-0.4, -0.2) is 27.8 Å². The van der Waals surface area contributed by atoms with E-state index in [9.17, 15) is 46.5 Å². The Bertz CT molecular complexity index is 885. The van der Waals surface area contributed by atoms with E-state index in [1.54, 1.807) is 0 Å². The number of benzene rings is 2. The second kappa shape index (κ2) is 8.10. The van der Waals surface area contributed by atoms with E-state index in [4.69, 9.17) is 0 Å². The number of aromatic hydroxyl groups is 3. The standard InChI is InChI=1S/C18H15F6NO4/c19-17(20,21)10-2-1-9(13(5-10)18(22,23)24)3-4-25-16(29)8-12-14(27)6-11(26)7-15(12)28/h1-2,5-7,26-28H,3-4,8H2,(H,25,29). The van der Waals surface area contributed by atoms with Gasteiger partial charge in [-0.15, -0.1) is 0 Å². The fraction of sp³-hybridized carbons (Fsp3) is 0.278. The number of carbonyl (C=O) groups excluding carboxylic acids is 1. The van der Waals surface area contributed by atoms with E-state index >= 15 is 0 Å². The first-order valence-corrected chi connectivity index (χ1v) is 8.07. The summed E-state index contributed by atoms with van der Waals surface area (Å²) >= 11 is 0. The molecule has 158 valence electrons. The van der Waals surface area contributed by atoms with E-state index in [1.807, 2.05) is 0 Å². The second-order valence-electron chi connectivity index (χ2n) is 6.11. The van der Waals surface area contributed by atoms with Gasteiger partial charge in [0, 0.05) is 24.2 Å². The van der Waals surface area contributed by atoms with E-state index in [2.05, 4.69) is 5.32 Å². The maximum atomic E-state index is 13.1. The topological polar surface area (TPSA) is 89.8 Å². The molecule has 2 aromatic rings. The molecule has 0 unspecified atom stereocenters. The Kier molecular flexibility index (Phi) is 6.19. The van der Waals surface area contributed by atoms with Crippen LogP contribution in [-0.2, 0) is 30.0 Å². The molecule has 0 atom stereocenters. The Morgan fingerprint density at radius 2 is 1.48 bits per heavy atom. The number of hydrogen-bond donors (Lipinski definition) is 4. The summed E-state index contributed by atoms with van der Waals surface area (Å²) in [4.78, 5) is 11.9. The van der Waals surface area contributed by atoms with Gasteiger partial charge in [-0.05, 0) is 24.1 Å². The van der Waals surface area contributed by atoms with Crippen LogP contribution >= 0.6 is 0 Å². The average Bonchev–Trinajstić information content (AvgIpc) is 2.56. The van der Waals surface area contributed by atoms with Gasteiger partial charge in [0.1, 0.15) is 17.2 Å². The van der Waals surface area contributed by atoms with Crippen molar-refractivity contribution in [3.05, 3.63) is 52.6 Å². The summed E-state index contributed by atoms with van der Waals surface area (Å²) < 4.78 is 77.2. The van der Waals surface area contributed by atoms with Gasteiger partial charge in [0.15, 0.2) is 0 Å². The molecule has 0 aliphatic carbocycles. The number of rotatable bonds is 5. The number of phenols is 3. The van der Waals surface area contributed by atoms with E-state index in [0.29, 0.717) is 12.1 Å². The fourth-order valence-electron chi connectivity index (χ4n) is 2.60. The minimum Gasteiger partial charge on any atom is -0.508 e. The lowest BCUT2D eigenvalue weighted by Crippen LogP contribution is -2.28. The summed E-state index contributed by atoms with van der Waals surface area (Å²) in [5.74, 6) is -2.31. The summed E-state index contributed by atoms with van der Waals surface area (Å²) in [6, 6.07) is 3.03. The van der Waals surface area contributed by atoms with Gasteiger partial charge in [0.05, 0.1) is 17.5 Å². The average molecular weight is 423 g/mol. The Morgan fingerprint density at radius 1 is 0.897 bits per heavy atom. The van der Waals surface area contributed by atoms with Gasteiger partial charge in [-0.2, -0.15) is 26.3 Å². The minimum absolute atomic E-state index is 0.0175. The van der Waals surface area contributed by atoms with Crippen LogP contribution in [0, 0.1) is 0 Å². The molecule has 0 fully saturated rings. The number of alkyl halides is 6. The summed E-state index contributed by atoms with van der Waals surface area (Å²) in [6.07, 6.45) is -10.9. The summed E-state index contributed by atoms with van der Waals surface area (Å²) in [7, 11) is 0. The van der Waals surface area contributed by atoms with Crippen LogP contribution in [0.15, 0.2) is 30.3 Å². The van der Waals surface area contributed by atoms with Crippen molar-refractivity contribution in [2.45, 2.75) is 25.2 Å². The Hall–Kier alpha value is -3.11. The molecule has 1 amide bonds. The molecule has 0 aliphatic heterocycles. The molecule has 0 saturated heterocycles. The van der Waals surface area contributed by atoms with Gasteiger partial charge in [-0.3, -0.25) is 4.79 Å². The van der Waals surface area contributed by atoms with Gasteiger partial charge in [-0.25, -0.2) is 0 Å². The number of amides is 1. The van der Waals surface area contributed by atoms with Crippen LogP contribution in [0.1, 0.15) is 22.3 Å². The van der Waals surface area contributed by atoms with Gasteiger partial charge < -0.3 is 20.6 Å². The number of hydrogen-bond acceptors (Lipinski definition) is 4. The molecule has 2 aromatic carbocycles. The van der Waals surface area contributed by atoms with Crippen molar-refractivity contribution >= 4 is 5.91 Å². The smallest absolute Gasteiger partial charge is 0.416 e. The van der Waals surface area contributed by atoms with Crippen molar-refractivity contribution < 1.29 is 46.5 Å². The van der Waals surface area contributed by atoms with E-state index in [0.717, 1.165) is 12.1 Å². The first-order chi connectivity index (χ1) is 13.3. The van der Waals surface area contributed by atoms with Crippen molar-refractivity contribution in [1.29, 1.82) is 0 Å². The fourth-order valence-corrected chi connectivity index (χ4v) is 2.60. The molecule has 0 aliphatic rings. The molecule has 29 heavy (non-hydrogen) atoms. The summed E-state index contributed by atoms with van der Waals surface area (Å²) in [6.45, 7) is -0.327. The molecule has 11 heteroatoms. The van der Waals surface area contributed by atoms with E-state index in [1.165, 1.54) is 0 Å². The summed E-state index contributed by atoms with van der Waals surface area (Å²) in [5.41, 5.74) is -3.52. The normalized spacial score (nSPS) is 12.1. The zero-order valence-corrected chi connectivity index (χ0v) is 14.5.